The highest BCUT2D eigenvalue weighted by molar-refractivity contribution is 7.22. The summed E-state index contributed by atoms with van der Waals surface area (Å²) in [7, 11) is 0. The average Bonchev–Trinajstić information content (AvgIpc) is 3.50. The summed E-state index contributed by atoms with van der Waals surface area (Å²) in [4.78, 5) is 29.2. The van der Waals surface area contributed by atoms with E-state index in [-0.39, 0.29) is 11.3 Å². The van der Waals surface area contributed by atoms with E-state index in [0.717, 1.165) is 29.7 Å². The Morgan fingerprint density at radius 1 is 0.972 bits per heavy atom. The number of aliphatic carboxylic acids is 1. The Kier molecular flexibility index (Phi) is 6.26. The van der Waals surface area contributed by atoms with Crippen LogP contribution in [0.1, 0.15) is 35.2 Å². The van der Waals surface area contributed by atoms with E-state index in [4.69, 9.17) is 0 Å². The monoisotopic (exact) mass is 510 g/mol. The van der Waals surface area contributed by atoms with Crippen molar-refractivity contribution in [3.05, 3.63) is 77.9 Å². The number of aromatic nitrogens is 1. The van der Waals surface area contributed by atoms with Gasteiger partial charge in [0.05, 0.1) is 21.7 Å². The molecule has 2 N–H and O–H groups in total. The maximum atomic E-state index is 13.3. The van der Waals surface area contributed by atoms with E-state index >= 15 is 0 Å². The fraction of sp³-hybridized carbons (Fsp3) is 0.222. The number of rotatable bonds is 6. The molecule has 3 aromatic carbocycles. The van der Waals surface area contributed by atoms with Crippen molar-refractivity contribution in [3.63, 3.8) is 0 Å². The van der Waals surface area contributed by atoms with Gasteiger partial charge in [0.25, 0.3) is 0 Å². The minimum atomic E-state index is -4.43. The van der Waals surface area contributed by atoms with Crippen LogP contribution in [0.2, 0.25) is 0 Å². The van der Waals surface area contributed by atoms with Crippen LogP contribution in [-0.2, 0) is 11.0 Å². The molecule has 0 unspecified atom stereocenters. The maximum Gasteiger partial charge on any atom is 0.416 e. The van der Waals surface area contributed by atoms with Gasteiger partial charge in [0, 0.05) is 17.2 Å². The topological polar surface area (TPSA) is 79.3 Å². The summed E-state index contributed by atoms with van der Waals surface area (Å²) in [6.07, 6.45) is -2.62. The Labute approximate surface area is 208 Å². The van der Waals surface area contributed by atoms with Crippen molar-refractivity contribution in [1.29, 1.82) is 0 Å². The molecule has 1 heterocycles. The van der Waals surface area contributed by atoms with Crippen molar-refractivity contribution in [2.75, 3.05) is 5.32 Å². The lowest BCUT2D eigenvalue weighted by atomic mass is 9.85. The predicted molar refractivity (Wildman–Crippen MR) is 133 cm³/mol. The van der Waals surface area contributed by atoms with Crippen molar-refractivity contribution < 1.29 is 27.9 Å². The molecule has 4 aromatic rings. The molecule has 1 aliphatic rings. The van der Waals surface area contributed by atoms with Crippen LogP contribution < -0.4 is 5.32 Å². The highest BCUT2D eigenvalue weighted by atomic mass is 32.1. The molecule has 0 radical (unpaired) electrons. The molecule has 184 valence electrons. The zero-order valence-electron chi connectivity index (χ0n) is 18.9. The third kappa shape index (κ3) is 4.70. The molecule has 36 heavy (non-hydrogen) atoms. The molecule has 9 heteroatoms. The van der Waals surface area contributed by atoms with Gasteiger partial charge in [0.1, 0.15) is 0 Å². The Balaban J connectivity index is 1.37. The number of fused-ring (bicyclic) bond motifs is 1. The molecule has 1 fully saturated rings. The zero-order chi connectivity index (χ0) is 25.4. The molecule has 5 rings (SSSR count). The number of nitrogens with zero attached hydrogens (tertiary/aromatic N) is 1. The summed E-state index contributed by atoms with van der Waals surface area (Å²) in [6.45, 7) is 0. The van der Waals surface area contributed by atoms with Crippen molar-refractivity contribution in [3.8, 4) is 11.1 Å². The van der Waals surface area contributed by atoms with E-state index in [2.05, 4.69) is 10.3 Å². The van der Waals surface area contributed by atoms with Crippen LogP contribution in [0.15, 0.2) is 66.7 Å². The summed E-state index contributed by atoms with van der Waals surface area (Å²) in [5.74, 6) is -2.26. The van der Waals surface area contributed by atoms with E-state index in [1.807, 2.05) is 24.3 Å². The number of hydrogen-bond donors (Lipinski definition) is 2. The summed E-state index contributed by atoms with van der Waals surface area (Å²) in [5, 5.41) is 13.1. The first-order valence-electron chi connectivity index (χ1n) is 11.4. The first-order chi connectivity index (χ1) is 17.2. The normalized spacial score (nSPS) is 17.9. The number of carbonyl (C=O) groups is 2. The summed E-state index contributed by atoms with van der Waals surface area (Å²) in [5.41, 5.74) is 2.25. The van der Waals surface area contributed by atoms with Gasteiger partial charge in [0.2, 0.25) is 0 Å². The van der Waals surface area contributed by atoms with E-state index in [1.165, 1.54) is 17.4 Å². The van der Waals surface area contributed by atoms with Gasteiger partial charge in [0.15, 0.2) is 10.9 Å². The minimum absolute atomic E-state index is 0.148. The maximum absolute atomic E-state index is 13.3. The molecule has 0 aliphatic heterocycles. The highest BCUT2D eigenvalue weighted by Gasteiger charge is 2.38. The van der Waals surface area contributed by atoms with Crippen LogP contribution in [0.5, 0.6) is 0 Å². The van der Waals surface area contributed by atoms with E-state index in [9.17, 15) is 27.9 Å². The number of carboxylic acids is 1. The van der Waals surface area contributed by atoms with Crippen LogP contribution in [0, 0.1) is 11.8 Å². The second-order valence-electron chi connectivity index (χ2n) is 8.79. The number of carbonyl (C=O) groups excluding carboxylic acids is 1. The number of carboxylic acid groups (broad SMARTS) is 1. The van der Waals surface area contributed by atoms with Gasteiger partial charge in [-0.2, -0.15) is 13.2 Å². The number of anilines is 2. The van der Waals surface area contributed by atoms with Crippen LogP contribution in [-0.4, -0.2) is 21.8 Å². The second-order valence-corrected chi connectivity index (χ2v) is 9.82. The summed E-state index contributed by atoms with van der Waals surface area (Å²) in [6, 6.07) is 18.0. The number of hydrogen-bond acceptors (Lipinski definition) is 5. The Morgan fingerprint density at radius 3 is 2.42 bits per heavy atom. The minimum Gasteiger partial charge on any atom is -0.481 e. The quantitative estimate of drug-likeness (QED) is 0.264. The van der Waals surface area contributed by atoms with Gasteiger partial charge < -0.3 is 10.4 Å². The summed E-state index contributed by atoms with van der Waals surface area (Å²) >= 11 is 1.25. The zero-order valence-corrected chi connectivity index (χ0v) is 19.7. The molecule has 5 nitrogen and oxygen atoms in total. The number of thiazole rings is 1. The Morgan fingerprint density at radius 2 is 1.69 bits per heavy atom. The van der Waals surface area contributed by atoms with Crippen LogP contribution in [0.4, 0.5) is 24.0 Å². The number of ketones is 1. The molecule has 0 amide bonds. The number of benzene rings is 3. The molecule has 0 saturated heterocycles. The second kappa shape index (κ2) is 9.39. The largest absolute Gasteiger partial charge is 0.481 e. The smallest absolute Gasteiger partial charge is 0.416 e. The van der Waals surface area contributed by atoms with Gasteiger partial charge in [-0.15, -0.1) is 0 Å². The SMILES string of the molecule is O=C(O)[C@@H]1CCC[C@H]1C(=O)c1ccccc1-c1ccc(Nc2nc3cc(C(F)(F)F)ccc3s2)cc1. The van der Waals surface area contributed by atoms with Gasteiger partial charge in [-0.3, -0.25) is 9.59 Å². The Hall–Kier alpha value is -3.72. The van der Waals surface area contributed by atoms with Crippen LogP contribution in [0.3, 0.4) is 0 Å². The first-order valence-corrected chi connectivity index (χ1v) is 12.2. The van der Waals surface area contributed by atoms with Crippen molar-refractivity contribution >= 4 is 44.1 Å². The van der Waals surface area contributed by atoms with Crippen molar-refractivity contribution in [2.24, 2.45) is 11.8 Å². The fourth-order valence-corrected chi connectivity index (χ4v) is 5.60. The van der Waals surface area contributed by atoms with Crippen molar-refractivity contribution in [2.45, 2.75) is 25.4 Å². The average molecular weight is 511 g/mol. The summed E-state index contributed by atoms with van der Waals surface area (Å²) < 4.78 is 39.6. The number of nitrogens with one attached hydrogen (secondary N) is 1. The first kappa shape index (κ1) is 24.0. The molecule has 2 atom stereocenters. The standard InChI is InChI=1S/C27H21F3N2O3S/c28-27(29,30)16-10-13-23-22(14-16)32-26(36-23)31-17-11-8-15(9-12-17)18-4-1-2-5-19(18)24(33)20-6-3-7-21(20)25(34)35/h1-2,4-5,8-14,20-21H,3,6-7H2,(H,31,32)(H,34,35)/t20-,21-/m1/s1. The van der Waals surface area contributed by atoms with Gasteiger partial charge in [-0.05, 0) is 54.3 Å². The molecule has 1 saturated carbocycles. The van der Waals surface area contributed by atoms with Gasteiger partial charge in [-0.25, -0.2) is 4.98 Å². The molecule has 0 spiro atoms. The van der Waals surface area contributed by atoms with Gasteiger partial charge >= 0.3 is 12.1 Å². The van der Waals surface area contributed by atoms with Crippen LogP contribution >= 0.6 is 11.3 Å². The van der Waals surface area contributed by atoms with E-state index in [1.54, 1.807) is 24.3 Å². The lowest BCUT2D eigenvalue weighted by Crippen LogP contribution is -2.25. The number of Topliss-reactive ketones (excluding diaryl/α,β-unsaturated/α-hetero) is 1. The molecular weight excluding hydrogens is 489 g/mol. The Bertz CT molecular complexity index is 1450. The fourth-order valence-electron chi connectivity index (χ4n) is 4.73. The predicted octanol–water partition coefficient (Wildman–Crippen LogP) is 7.41. The third-order valence-electron chi connectivity index (χ3n) is 6.52. The van der Waals surface area contributed by atoms with E-state index < -0.39 is 29.5 Å². The molecule has 0 bridgehead atoms. The molecule has 1 aliphatic carbocycles. The lowest BCUT2D eigenvalue weighted by Gasteiger charge is -2.17. The molecular formula is C27H21F3N2O3S. The van der Waals surface area contributed by atoms with Crippen molar-refractivity contribution in [1.82, 2.24) is 4.98 Å². The molecule has 1 aromatic heterocycles. The van der Waals surface area contributed by atoms with E-state index in [0.29, 0.717) is 33.9 Å². The number of alkyl halides is 3. The van der Waals surface area contributed by atoms with Crippen LogP contribution in [0.25, 0.3) is 21.3 Å². The van der Waals surface area contributed by atoms with Gasteiger partial charge in [-0.1, -0.05) is 54.2 Å². The third-order valence-corrected chi connectivity index (χ3v) is 7.48. The number of halogens is 3. The lowest BCUT2D eigenvalue weighted by molar-refractivity contribution is -0.142. The highest BCUT2D eigenvalue weighted by Crippen LogP contribution is 2.38.